The van der Waals surface area contributed by atoms with Gasteiger partial charge in [0, 0.05) is 0 Å². The van der Waals surface area contributed by atoms with Gasteiger partial charge in [0.2, 0.25) is 0 Å². The fraction of sp³-hybridized carbons (Fsp3) is 0.533. The third-order valence-corrected chi connectivity index (χ3v) is 3.11. The van der Waals surface area contributed by atoms with E-state index >= 15 is 0 Å². The Hall–Kier alpha value is -1.75. The van der Waals surface area contributed by atoms with E-state index in [0.29, 0.717) is 12.5 Å². The van der Waals surface area contributed by atoms with Crippen molar-refractivity contribution in [1.82, 2.24) is 25.5 Å². The summed E-state index contributed by atoms with van der Waals surface area (Å²) in [6.45, 7) is 8.20. The first-order chi connectivity index (χ1) is 9.72. The summed E-state index contributed by atoms with van der Waals surface area (Å²) in [4.78, 5) is 0. The Bertz CT molecular complexity index is 533. The Morgan fingerprint density at radius 3 is 2.80 bits per heavy atom. The first-order valence-electron chi connectivity index (χ1n) is 7.28. The van der Waals surface area contributed by atoms with Crippen molar-refractivity contribution in [1.29, 1.82) is 0 Å². The molecule has 1 aromatic carbocycles. The van der Waals surface area contributed by atoms with E-state index in [1.54, 1.807) is 0 Å². The largest absolute Gasteiger partial charge is 0.310 e. The third-order valence-electron chi connectivity index (χ3n) is 3.11. The zero-order chi connectivity index (χ0) is 14.4. The summed E-state index contributed by atoms with van der Waals surface area (Å²) in [5.74, 6) is 1.47. The van der Waals surface area contributed by atoms with Gasteiger partial charge >= 0.3 is 0 Å². The van der Waals surface area contributed by atoms with E-state index in [4.69, 9.17) is 0 Å². The van der Waals surface area contributed by atoms with Gasteiger partial charge in [-0.3, -0.25) is 0 Å². The average molecular weight is 273 g/mol. The lowest BCUT2D eigenvalue weighted by Gasteiger charge is -2.11. The minimum absolute atomic E-state index is 0.617. The molecule has 0 atom stereocenters. The third kappa shape index (κ3) is 3.63. The van der Waals surface area contributed by atoms with E-state index in [0.717, 1.165) is 30.9 Å². The molecule has 0 aliphatic heterocycles. The van der Waals surface area contributed by atoms with Gasteiger partial charge in [0.1, 0.15) is 0 Å². The Morgan fingerprint density at radius 2 is 2.05 bits per heavy atom. The van der Waals surface area contributed by atoms with Crippen molar-refractivity contribution in [2.75, 3.05) is 6.54 Å². The van der Waals surface area contributed by atoms with Crippen LogP contribution in [0.25, 0.3) is 5.69 Å². The SMILES string of the molecule is CCCc1ccccc1-n1nnnc1CNCC(C)C. The molecule has 5 nitrogen and oxygen atoms in total. The number of benzene rings is 1. The second-order valence-electron chi connectivity index (χ2n) is 5.41. The molecule has 1 aromatic heterocycles. The minimum Gasteiger partial charge on any atom is -0.310 e. The van der Waals surface area contributed by atoms with Crippen LogP contribution in [-0.2, 0) is 13.0 Å². The van der Waals surface area contributed by atoms with Crippen molar-refractivity contribution in [3.63, 3.8) is 0 Å². The van der Waals surface area contributed by atoms with Gasteiger partial charge in [0.05, 0.1) is 12.2 Å². The van der Waals surface area contributed by atoms with Crippen LogP contribution in [0.15, 0.2) is 24.3 Å². The van der Waals surface area contributed by atoms with E-state index in [-0.39, 0.29) is 0 Å². The highest BCUT2D eigenvalue weighted by Gasteiger charge is 2.11. The zero-order valence-electron chi connectivity index (χ0n) is 12.5. The van der Waals surface area contributed by atoms with Crippen LogP contribution in [0.2, 0.25) is 0 Å². The number of rotatable bonds is 7. The second kappa shape index (κ2) is 7.14. The summed E-state index contributed by atoms with van der Waals surface area (Å²) in [7, 11) is 0. The highest BCUT2D eigenvalue weighted by molar-refractivity contribution is 5.40. The maximum absolute atomic E-state index is 4.14. The average Bonchev–Trinajstić information content (AvgIpc) is 2.88. The first kappa shape index (κ1) is 14.7. The fourth-order valence-electron chi connectivity index (χ4n) is 2.17. The van der Waals surface area contributed by atoms with Gasteiger partial charge in [0.15, 0.2) is 5.82 Å². The van der Waals surface area contributed by atoms with Gasteiger partial charge < -0.3 is 5.32 Å². The lowest BCUT2D eigenvalue weighted by molar-refractivity contribution is 0.537. The van der Waals surface area contributed by atoms with Crippen LogP contribution < -0.4 is 5.32 Å². The molecule has 0 unspecified atom stereocenters. The van der Waals surface area contributed by atoms with Gasteiger partial charge in [-0.25, -0.2) is 0 Å². The highest BCUT2D eigenvalue weighted by Crippen LogP contribution is 2.16. The van der Waals surface area contributed by atoms with E-state index in [9.17, 15) is 0 Å². The maximum Gasteiger partial charge on any atom is 0.170 e. The van der Waals surface area contributed by atoms with E-state index in [1.165, 1.54) is 5.56 Å². The lowest BCUT2D eigenvalue weighted by Crippen LogP contribution is -2.21. The normalized spacial score (nSPS) is 11.2. The molecular formula is C15H23N5. The quantitative estimate of drug-likeness (QED) is 0.841. The smallest absolute Gasteiger partial charge is 0.170 e. The summed E-state index contributed by atoms with van der Waals surface area (Å²) in [5.41, 5.74) is 2.37. The molecule has 1 N–H and O–H groups in total. The monoisotopic (exact) mass is 273 g/mol. The molecule has 108 valence electrons. The molecule has 2 aromatic rings. The standard InChI is InChI=1S/C15H23N5/c1-4-7-13-8-5-6-9-14(13)20-15(17-18-19-20)11-16-10-12(2)3/h5-6,8-9,12,16H,4,7,10-11H2,1-3H3. The van der Waals surface area contributed by atoms with Crippen molar-refractivity contribution >= 4 is 0 Å². The molecular weight excluding hydrogens is 250 g/mol. The molecule has 0 aliphatic rings. The number of aryl methyl sites for hydroxylation is 1. The molecule has 0 fully saturated rings. The number of hydrogen-bond acceptors (Lipinski definition) is 4. The van der Waals surface area contributed by atoms with Crippen LogP contribution in [0.5, 0.6) is 0 Å². The number of tetrazole rings is 1. The number of para-hydroxylation sites is 1. The van der Waals surface area contributed by atoms with E-state index in [1.807, 2.05) is 10.7 Å². The second-order valence-corrected chi connectivity index (χ2v) is 5.41. The van der Waals surface area contributed by atoms with Crippen LogP contribution in [0, 0.1) is 5.92 Å². The maximum atomic E-state index is 4.14. The summed E-state index contributed by atoms with van der Waals surface area (Å²) in [6, 6.07) is 8.32. The van der Waals surface area contributed by atoms with Crippen molar-refractivity contribution in [2.24, 2.45) is 5.92 Å². The molecule has 0 saturated carbocycles. The Morgan fingerprint density at radius 1 is 1.25 bits per heavy atom. The highest BCUT2D eigenvalue weighted by atomic mass is 15.5. The predicted molar refractivity (Wildman–Crippen MR) is 79.7 cm³/mol. The van der Waals surface area contributed by atoms with Crippen molar-refractivity contribution in [2.45, 2.75) is 40.2 Å². The number of hydrogen-bond donors (Lipinski definition) is 1. The molecule has 0 aliphatic carbocycles. The van der Waals surface area contributed by atoms with Gasteiger partial charge in [-0.2, -0.15) is 4.68 Å². The van der Waals surface area contributed by atoms with E-state index < -0.39 is 0 Å². The molecule has 1 heterocycles. The first-order valence-corrected chi connectivity index (χ1v) is 7.28. The van der Waals surface area contributed by atoms with Crippen LogP contribution in [-0.4, -0.2) is 26.8 Å². The Balaban J connectivity index is 2.19. The summed E-state index contributed by atoms with van der Waals surface area (Å²) < 4.78 is 1.85. The summed E-state index contributed by atoms with van der Waals surface area (Å²) in [5, 5.41) is 15.5. The van der Waals surface area contributed by atoms with Gasteiger partial charge in [-0.05, 0) is 40.9 Å². The Kier molecular flexibility index (Phi) is 5.24. The minimum atomic E-state index is 0.617. The fourth-order valence-corrected chi connectivity index (χ4v) is 2.17. The van der Waals surface area contributed by atoms with Gasteiger partial charge in [0.25, 0.3) is 0 Å². The van der Waals surface area contributed by atoms with Crippen molar-refractivity contribution in [3.8, 4) is 5.69 Å². The predicted octanol–water partition coefficient (Wildman–Crippen LogP) is 2.36. The molecule has 0 bridgehead atoms. The zero-order valence-corrected chi connectivity index (χ0v) is 12.5. The molecule has 0 saturated heterocycles. The summed E-state index contributed by atoms with van der Waals surface area (Å²) >= 11 is 0. The Labute approximate surface area is 120 Å². The molecule has 0 radical (unpaired) electrons. The van der Waals surface area contributed by atoms with Crippen LogP contribution in [0.1, 0.15) is 38.6 Å². The van der Waals surface area contributed by atoms with Crippen molar-refractivity contribution < 1.29 is 0 Å². The van der Waals surface area contributed by atoms with E-state index in [2.05, 4.69) is 59.8 Å². The van der Waals surface area contributed by atoms with Gasteiger partial charge in [-0.1, -0.05) is 45.4 Å². The number of nitrogens with zero attached hydrogens (tertiary/aromatic N) is 4. The van der Waals surface area contributed by atoms with Crippen LogP contribution in [0.3, 0.4) is 0 Å². The van der Waals surface area contributed by atoms with Crippen LogP contribution in [0.4, 0.5) is 0 Å². The molecule has 0 spiro atoms. The number of aromatic nitrogens is 4. The van der Waals surface area contributed by atoms with Crippen molar-refractivity contribution in [3.05, 3.63) is 35.7 Å². The molecule has 5 heteroatoms. The molecule has 0 amide bonds. The number of nitrogens with one attached hydrogen (secondary N) is 1. The summed E-state index contributed by atoms with van der Waals surface area (Å²) in [6.07, 6.45) is 2.15. The lowest BCUT2D eigenvalue weighted by atomic mass is 10.1. The molecule has 20 heavy (non-hydrogen) atoms. The molecule has 2 rings (SSSR count). The van der Waals surface area contributed by atoms with Gasteiger partial charge in [-0.15, -0.1) is 5.10 Å². The van der Waals surface area contributed by atoms with Crippen LogP contribution >= 0.6 is 0 Å². The topological polar surface area (TPSA) is 55.6 Å².